The van der Waals surface area contributed by atoms with Crippen molar-refractivity contribution in [1.82, 2.24) is 20.3 Å². The van der Waals surface area contributed by atoms with E-state index in [0.29, 0.717) is 44.1 Å². The van der Waals surface area contributed by atoms with Gasteiger partial charge in [0.1, 0.15) is 0 Å². The predicted octanol–water partition coefficient (Wildman–Crippen LogP) is 6.83. The van der Waals surface area contributed by atoms with Gasteiger partial charge in [-0.3, -0.25) is 4.57 Å². The third kappa shape index (κ3) is 9.05. The first-order valence-corrected chi connectivity index (χ1v) is 16.3. The summed E-state index contributed by atoms with van der Waals surface area (Å²) in [6.45, 7) is 4.11. The van der Waals surface area contributed by atoms with E-state index in [1.165, 1.54) is 37.1 Å². The lowest BCUT2D eigenvalue weighted by molar-refractivity contribution is -0.193. The van der Waals surface area contributed by atoms with E-state index in [1.54, 1.807) is 36.5 Å². The molecule has 259 valence electrons. The second kappa shape index (κ2) is 15.5. The van der Waals surface area contributed by atoms with Gasteiger partial charge < -0.3 is 20.5 Å². The molecule has 3 aromatic carbocycles. The fourth-order valence-corrected chi connectivity index (χ4v) is 6.14. The molecule has 1 radical (unpaired) electrons. The Bertz CT molecular complexity index is 1880. The lowest BCUT2D eigenvalue weighted by Crippen LogP contribution is -2.33. The average molecular weight is 740 g/mol. The number of aryl methyl sites for hydroxylation is 1. The second-order valence-electron chi connectivity index (χ2n) is 11.2. The van der Waals surface area contributed by atoms with Crippen LogP contribution < -0.4 is 21.2 Å². The summed E-state index contributed by atoms with van der Waals surface area (Å²) in [4.78, 5) is 28.9. The van der Waals surface area contributed by atoms with Gasteiger partial charge in [-0.25, -0.2) is 19.0 Å². The zero-order valence-electron chi connectivity index (χ0n) is 26.3. The number of ether oxygens (including phenoxy) is 2. The van der Waals surface area contributed by atoms with Gasteiger partial charge in [-0.1, -0.05) is 67.0 Å². The molecule has 1 heterocycles. The van der Waals surface area contributed by atoms with Gasteiger partial charge in [0.2, 0.25) is 5.96 Å². The number of rotatable bonds is 12. The first kappa shape index (κ1) is 37.5. The number of alkyl halides is 3. The molecule has 0 aliphatic carbocycles. The minimum Gasteiger partial charge on any atom is -0.494 e. The summed E-state index contributed by atoms with van der Waals surface area (Å²) in [5, 5.41) is 12.8. The van der Waals surface area contributed by atoms with Crippen LogP contribution >= 0.6 is 35.0 Å². The molecule has 0 fully saturated rings. The molecule has 0 bridgehead atoms. The van der Waals surface area contributed by atoms with Crippen molar-refractivity contribution in [3.8, 4) is 11.4 Å². The maximum absolute atomic E-state index is 14.5. The van der Waals surface area contributed by atoms with E-state index < -0.39 is 35.3 Å². The molecule has 0 unspecified atom stereocenters. The fourth-order valence-electron chi connectivity index (χ4n) is 4.91. The van der Waals surface area contributed by atoms with Crippen LogP contribution in [0.2, 0.25) is 10.0 Å². The molecule has 0 saturated carbocycles. The number of aromatic nitrogens is 2. The Morgan fingerprint density at radius 3 is 2.45 bits per heavy atom. The molecule has 0 saturated heterocycles. The van der Waals surface area contributed by atoms with Crippen LogP contribution in [0, 0.1) is 5.82 Å². The van der Waals surface area contributed by atoms with Crippen molar-refractivity contribution >= 4 is 52.9 Å². The molecule has 4 aromatic rings. The van der Waals surface area contributed by atoms with Gasteiger partial charge in [0.25, 0.3) is 0 Å². The Balaban J connectivity index is 1.72. The summed E-state index contributed by atoms with van der Waals surface area (Å²) in [6.07, 6.45) is -3.19. The Morgan fingerprint density at radius 1 is 1.06 bits per heavy atom. The number of nitrogens with one attached hydrogen (secondary N) is 1. The Kier molecular flexibility index (Phi) is 11.9. The van der Waals surface area contributed by atoms with Crippen LogP contribution in [0.25, 0.3) is 5.69 Å². The topological polar surface area (TPSA) is 131 Å². The van der Waals surface area contributed by atoms with Gasteiger partial charge in [-0.05, 0) is 59.9 Å². The maximum atomic E-state index is 14.5. The molecule has 0 amide bonds. The predicted molar refractivity (Wildman–Crippen MR) is 179 cm³/mol. The number of nitrogens with two attached hydrogens (primary N) is 1. The summed E-state index contributed by atoms with van der Waals surface area (Å²) in [6, 6.07) is 14.2. The fraction of sp³-hybridized carbons (Fsp3) is 0.273. The van der Waals surface area contributed by atoms with E-state index >= 15 is 0 Å². The highest BCUT2D eigenvalue weighted by atomic mass is 35.5. The number of methoxy groups -OCH3 is 1. The smallest absolute Gasteiger partial charge is 0.491 e. The van der Waals surface area contributed by atoms with Crippen molar-refractivity contribution in [1.29, 1.82) is 0 Å². The second-order valence-corrected chi connectivity index (χ2v) is 13.0. The molecule has 0 aliphatic heterocycles. The number of imidazole rings is 1. The van der Waals surface area contributed by atoms with Gasteiger partial charge in [-0.15, -0.1) is 5.41 Å². The van der Waals surface area contributed by atoms with Crippen LogP contribution in [-0.2, 0) is 27.1 Å². The molecule has 16 heteroatoms. The average Bonchev–Trinajstić information content (AvgIpc) is 3.48. The molecule has 3 N–H and O–H groups in total. The largest absolute Gasteiger partial charge is 0.494 e. The van der Waals surface area contributed by atoms with Crippen molar-refractivity contribution < 1.29 is 36.6 Å². The minimum atomic E-state index is -5.37. The number of nitrogens with zero attached hydrogens (tertiary/aromatic N) is 3. The van der Waals surface area contributed by atoms with Crippen molar-refractivity contribution in [2.75, 3.05) is 13.7 Å². The number of esters is 2. The number of benzene rings is 3. The molecular formula is C33H30Cl2F4N5O4S. The summed E-state index contributed by atoms with van der Waals surface area (Å²) >= 11 is 13.7. The molecule has 0 atom stereocenters. The zero-order chi connectivity index (χ0) is 36.1. The summed E-state index contributed by atoms with van der Waals surface area (Å²) in [5.74, 6) is -5.00. The van der Waals surface area contributed by atoms with Crippen molar-refractivity contribution in [3.05, 3.63) is 105 Å². The number of hydrogen-bond acceptors (Lipinski definition) is 6. The van der Waals surface area contributed by atoms with Gasteiger partial charge in [-0.2, -0.15) is 13.2 Å². The monoisotopic (exact) mass is 738 g/mol. The number of hydrogen-bond donors (Lipinski definition) is 2. The van der Waals surface area contributed by atoms with Gasteiger partial charge in [0.15, 0.2) is 16.7 Å². The van der Waals surface area contributed by atoms with Crippen LogP contribution in [0.5, 0.6) is 5.75 Å². The van der Waals surface area contributed by atoms with Crippen molar-refractivity contribution in [2.24, 2.45) is 5.73 Å². The Labute approximate surface area is 293 Å². The van der Waals surface area contributed by atoms with Crippen LogP contribution in [0.1, 0.15) is 53.0 Å². The third-order valence-electron chi connectivity index (χ3n) is 7.51. The normalized spacial score (nSPS) is 11.7. The van der Waals surface area contributed by atoms with Gasteiger partial charge in [0, 0.05) is 23.8 Å². The lowest BCUT2D eigenvalue weighted by Gasteiger charge is -2.28. The molecule has 1 aromatic heterocycles. The van der Waals surface area contributed by atoms with E-state index in [2.05, 4.69) is 15.0 Å². The molecule has 0 aliphatic rings. The van der Waals surface area contributed by atoms with E-state index in [0.717, 1.165) is 5.56 Å². The maximum Gasteiger partial charge on any atom is 0.491 e. The van der Waals surface area contributed by atoms with Crippen LogP contribution in [-0.4, -0.2) is 47.3 Å². The lowest BCUT2D eigenvalue weighted by atomic mass is 9.81. The molecule has 0 spiro atoms. The van der Waals surface area contributed by atoms with Crippen molar-refractivity contribution in [2.45, 2.75) is 49.2 Å². The quantitative estimate of drug-likeness (QED) is 0.0308. The highest BCUT2D eigenvalue weighted by Gasteiger charge is 2.43. The Hall–Kier alpha value is -4.27. The van der Waals surface area contributed by atoms with E-state index in [-0.39, 0.29) is 30.0 Å². The van der Waals surface area contributed by atoms with Crippen LogP contribution in [0.15, 0.2) is 66.0 Å². The van der Waals surface area contributed by atoms with E-state index in [1.807, 2.05) is 24.5 Å². The van der Waals surface area contributed by atoms with E-state index in [4.69, 9.17) is 39.1 Å². The number of carbonyl (C=O) groups excluding carboxylic acids is 2. The Morgan fingerprint density at radius 2 is 1.80 bits per heavy atom. The molecular weight excluding hydrogens is 709 g/mol. The SMILES string of the molecule is COc1cc(-n2c(C(C)(C)c3ccc(Cl)c(Cl)c3)cnc2SCc2ccc(CCCNC(=[N])N)c(C(=O)OC(=O)C(F)(F)F)c2)ccc1F. The highest BCUT2D eigenvalue weighted by Crippen LogP contribution is 2.39. The van der Waals surface area contributed by atoms with Gasteiger partial charge in [0.05, 0.1) is 40.3 Å². The highest BCUT2D eigenvalue weighted by molar-refractivity contribution is 7.98. The summed E-state index contributed by atoms with van der Waals surface area (Å²) < 4.78 is 64.3. The number of halogens is 6. The molecule has 49 heavy (non-hydrogen) atoms. The first-order valence-electron chi connectivity index (χ1n) is 14.5. The minimum absolute atomic E-state index is 0.00218. The summed E-state index contributed by atoms with van der Waals surface area (Å²) in [5.41, 5.74) is 7.10. The number of guanidine groups is 1. The standard InChI is InChI=1S/C33H30Cl2F4N5O4S/c1-32(2,20-8-10-23(34)24(35)14-20)27-16-43-31(44(27)21-9-11-25(36)26(15-21)47-3)49-17-18-6-7-19(5-4-12-42-30(40)41)22(13-18)28(45)48-29(46)33(37,38)39/h6-11,13-16,42H,4-5,12,17,40H2,1-3H3. The number of thioether (sulfide) groups is 1. The molecule has 9 nitrogen and oxygen atoms in total. The summed E-state index contributed by atoms with van der Waals surface area (Å²) in [7, 11) is 1.35. The van der Waals surface area contributed by atoms with E-state index in [9.17, 15) is 27.2 Å². The third-order valence-corrected chi connectivity index (χ3v) is 9.27. The zero-order valence-corrected chi connectivity index (χ0v) is 28.7. The van der Waals surface area contributed by atoms with Gasteiger partial charge >= 0.3 is 18.1 Å². The molecule has 4 rings (SSSR count). The van der Waals surface area contributed by atoms with Crippen LogP contribution in [0.3, 0.4) is 0 Å². The van der Waals surface area contributed by atoms with Crippen molar-refractivity contribution in [3.63, 3.8) is 0 Å². The number of carbonyl (C=O) groups is 2. The van der Waals surface area contributed by atoms with Crippen LogP contribution in [0.4, 0.5) is 17.6 Å². The first-order chi connectivity index (χ1) is 23.0.